The van der Waals surface area contributed by atoms with Gasteiger partial charge in [-0.3, -0.25) is 9.59 Å². The van der Waals surface area contributed by atoms with Crippen molar-refractivity contribution >= 4 is 5.69 Å². The molecule has 0 amide bonds. The predicted molar refractivity (Wildman–Crippen MR) is 44.7 cm³/mol. The maximum Gasteiger partial charge on any atom is 0.248 e. The van der Waals surface area contributed by atoms with Crippen LogP contribution in [0.3, 0.4) is 0 Å². The number of anilines is 1. The third kappa shape index (κ3) is 1.67. The maximum absolute atomic E-state index is 10.8. The van der Waals surface area contributed by atoms with E-state index in [0.717, 1.165) is 0 Å². The molecule has 0 aliphatic heterocycles. The Morgan fingerprint density at radius 3 is 2.73 bits per heavy atom. The third-order valence-corrected chi connectivity index (χ3v) is 1.36. The minimum atomic E-state index is -0.679. The summed E-state index contributed by atoms with van der Waals surface area (Å²) in [4.78, 5) is 21.4. The third-order valence-electron chi connectivity index (χ3n) is 1.36. The summed E-state index contributed by atoms with van der Waals surface area (Å²) < 4.78 is 7.10. The predicted octanol–water partition coefficient (Wildman–Crippen LogP) is 0.350. The molecule has 0 aliphatic carbocycles. The van der Waals surface area contributed by atoms with Crippen molar-refractivity contribution in [2.24, 2.45) is 5.92 Å². The lowest BCUT2D eigenvalue weighted by Crippen LogP contribution is -2.33. The molecule has 0 saturated heterocycles. The Kier molecular flexibility index (Phi) is 1.71. The molecule has 1 rings (SSSR count). The number of hydrogen-bond donors (Lipinski definition) is 1. The quantitative estimate of drug-likeness (QED) is 0.641. The molecule has 0 spiro atoms. The van der Waals surface area contributed by atoms with E-state index in [1.54, 1.807) is 0 Å². The summed E-state index contributed by atoms with van der Waals surface area (Å²) in [7, 11) is 0. The van der Waals surface area contributed by atoms with Gasteiger partial charge in [0, 0.05) is 12.6 Å². The van der Waals surface area contributed by atoms with Crippen LogP contribution < -0.4 is 16.2 Å². The zero-order chi connectivity index (χ0) is 9.30. The van der Waals surface area contributed by atoms with Gasteiger partial charge in [-0.05, 0) is 5.92 Å². The molecule has 0 atom stereocenters. The zero-order valence-corrected chi connectivity index (χ0v) is 6.60. The number of hydrogen-bond acceptors (Lipinski definition) is 3. The van der Waals surface area contributed by atoms with Gasteiger partial charge in [-0.25, -0.2) is 0 Å². The molecule has 3 nitrogen and oxygen atoms in total. The minimum absolute atomic E-state index is 0.175. The molecule has 0 bridgehead atoms. The van der Waals surface area contributed by atoms with E-state index in [9.17, 15) is 9.59 Å². The molecule has 0 unspecified atom stereocenters. The monoisotopic (exact) mass is 155 g/mol. The number of nitrogens with one attached hydrogen (secondary N) is 1. The first-order valence-corrected chi connectivity index (χ1v) is 3.57. The summed E-state index contributed by atoms with van der Waals surface area (Å²) in [6.07, 6.45) is 0. The molecule has 1 aromatic rings. The van der Waals surface area contributed by atoms with Gasteiger partial charge in [0.1, 0.15) is 0 Å². The molecule has 0 saturated carbocycles. The average molecular weight is 155 g/mol. The van der Waals surface area contributed by atoms with Crippen molar-refractivity contribution in [3.63, 3.8) is 0 Å². The van der Waals surface area contributed by atoms with E-state index in [1.807, 2.05) is 13.8 Å². The summed E-state index contributed by atoms with van der Waals surface area (Å²) in [5.41, 5.74) is -1.06. The normalized spacial score (nSPS) is 12.1. The molecule has 0 aliphatic rings. The SMILES string of the molecule is [3H]c1c(NCC(C)C)c(=O)c1=O. The van der Waals surface area contributed by atoms with Crippen molar-refractivity contribution in [2.45, 2.75) is 13.8 Å². The molecule has 3 heteroatoms. The van der Waals surface area contributed by atoms with E-state index in [-0.39, 0.29) is 11.7 Å². The molecule has 1 N–H and O–H groups in total. The summed E-state index contributed by atoms with van der Waals surface area (Å²) in [5.74, 6) is 0.397. The zero-order valence-electron chi connectivity index (χ0n) is 7.60. The molecule has 60 valence electrons. The van der Waals surface area contributed by atoms with Gasteiger partial charge in [-0.1, -0.05) is 13.8 Å². The van der Waals surface area contributed by atoms with Crippen LogP contribution in [0.5, 0.6) is 0 Å². The van der Waals surface area contributed by atoms with E-state index < -0.39 is 10.9 Å². The molecule has 11 heavy (non-hydrogen) atoms. The summed E-state index contributed by atoms with van der Waals surface area (Å²) in [5, 5.41) is 2.77. The van der Waals surface area contributed by atoms with Crippen molar-refractivity contribution < 1.29 is 1.37 Å². The van der Waals surface area contributed by atoms with E-state index in [2.05, 4.69) is 5.32 Å². The highest BCUT2D eigenvalue weighted by atomic mass is 16.2. The second-order valence-electron chi connectivity index (χ2n) is 2.93. The van der Waals surface area contributed by atoms with E-state index in [4.69, 9.17) is 1.37 Å². The van der Waals surface area contributed by atoms with Crippen molar-refractivity contribution in [3.8, 4) is 0 Å². The smallest absolute Gasteiger partial charge is 0.248 e. The molecule has 0 radical (unpaired) electrons. The van der Waals surface area contributed by atoms with Gasteiger partial charge in [0.15, 0.2) is 0 Å². The Hall–Kier alpha value is -1.12. The summed E-state index contributed by atoms with van der Waals surface area (Å²) >= 11 is 0. The van der Waals surface area contributed by atoms with E-state index in [0.29, 0.717) is 12.5 Å². The highest BCUT2D eigenvalue weighted by Crippen LogP contribution is 1.98. The van der Waals surface area contributed by atoms with Crippen molar-refractivity contribution in [1.29, 1.82) is 0 Å². The Balaban J connectivity index is 2.67. The van der Waals surface area contributed by atoms with Crippen LogP contribution in [0.1, 0.15) is 15.2 Å². The van der Waals surface area contributed by atoms with Crippen LogP contribution in [0.15, 0.2) is 15.6 Å². The molecular formula is C8H11NO2. The lowest BCUT2D eigenvalue weighted by Gasteiger charge is -2.07. The first kappa shape index (κ1) is 6.58. The Labute approximate surface area is 66.1 Å². The first-order valence-electron chi connectivity index (χ1n) is 4.07. The Morgan fingerprint density at radius 1 is 1.64 bits per heavy atom. The molecule has 0 fully saturated rings. The fourth-order valence-electron chi connectivity index (χ4n) is 0.709. The number of rotatable bonds is 3. The second kappa shape index (κ2) is 2.86. The molecule has 0 heterocycles. The van der Waals surface area contributed by atoms with Crippen molar-refractivity contribution in [1.82, 2.24) is 0 Å². The van der Waals surface area contributed by atoms with Crippen LogP contribution in [0, 0.1) is 5.92 Å². The van der Waals surface area contributed by atoms with Gasteiger partial charge >= 0.3 is 0 Å². The Morgan fingerprint density at radius 2 is 2.27 bits per heavy atom. The van der Waals surface area contributed by atoms with Crippen LogP contribution >= 0.6 is 0 Å². The lowest BCUT2D eigenvalue weighted by atomic mass is 10.2. The second-order valence-corrected chi connectivity index (χ2v) is 2.93. The van der Waals surface area contributed by atoms with Gasteiger partial charge in [0.25, 0.3) is 0 Å². The van der Waals surface area contributed by atoms with E-state index in [1.165, 1.54) is 0 Å². The van der Waals surface area contributed by atoms with Gasteiger partial charge in [-0.2, -0.15) is 0 Å². The molecular weight excluding hydrogens is 142 g/mol. The Bertz CT molecular complexity index is 350. The minimum Gasteiger partial charge on any atom is -0.381 e. The lowest BCUT2D eigenvalue weighted by molar-refractivity contribution is 0.688. The summed E-state index contributed by atoms with van der Waals surface area (Å²) in [6, 6.07) is -0.180. The van der Waals surface area contributed by atoms with Gasteiger partial charge in [0.2, 0.25) is 10.9 Å². The fourth-order valence-corrected chi connectivity index (χ4v) is 0.709. The van der Waals surface area contributed by atoms with Crippen molar-refractivity contribution in [3.05, 3.63) is 26.5 Å². The topological polar surface area (TPSA) is 46.2 Å². The van der Waals surface area contributed by atoms with Crippen LogP contribution in [-0.2, 0) is 0 Å². The van der Waals surface area contributed by atoms with Gasteiger partial charge in [0.05, 0.1) is 7.06 Å². The van der Waals surface area contributed by atoms with Crippen LogP contribution in [0.2, 0.25) is 0 Å². The van der Waals surface area contributed by atoms with Gasteiger partial charge in [-0.15, -0.1) is 0 Å². The van der Waals surface area contributed by atoms with Crippen molar-refractivity contribution in [2.75, 3.05) is 11.9 Å². The first-order chi connectivity index (χ1) is 5.54. The largest absolute Gasteiger partial charge is 0.381 e. The van der Waals surface area contributed by atoms with Crippen LogP contribution in [0.4, 0.5) is 5.69 Å². The standard InChI is InChI=1S/C8H11NO2/c1-5(2)4-9-6-3-7(10)8(6)11/h3,5,9H,4H2,1-2H3/i3T. The summed E-state index contributed by atoms with van der Waals surface area (Å²) in [6.45, 7) is 4.60. The fraction of sp³-hybridized carbons (Fsp3) is 0.500. The van der Waals surface area contributed by atoms with Gasteiger partial charge < -0.3 is 5.32 Å². The average Bonchev–Trinajstić information content (AvgIpc) is 2.03. The molecule has 1 aromatic carbocycles. The highest BCUT2D eigenvalue weighted by Gasteiger charge is 2.07. The maximum atomic E-state index is 10.8. The van der Waals surface area contributed by atoms with Crippen LogP contribution in [-0.4, -0.2) is 6.54 Å². The highest BCUT2D eigenvalue weighted by molar-refractivity contribution is 5.46. The van der Waals surface area contributed by atoms with E-state index >= 15 is 0 Å². The van der Waals surface area contributed by atoms with Crippen LogP contribution in [0.25, 0.3) is 0 Å². The molecule has 0 aromatic heterocycles.